The number of para-hydroxylation sites is 1. The lowest BCUT2D eigenvalue weighted by molar-refractivity contribution is -0.140. The highest BCUT2D eigenvalue weighted by Crippen LogP contribution is 2.32. The van der Waals surface area contributed by atoms with Gasteiger partial charge in [0.25, 0.3) is 5.56 Å². The summed E-state index contributed by atoms with van der Waals surface area (Å²) in [6.45, 7) is 7.41. The molecule has 6 nitrogen and oxygen atoms in total. The monoisotopic (exact) mass is 446 g/mol. The Bertz CT molecular complexity index is 1230. The molecule has 1 saturated carbocycles. The van der Waals surface area contributed by atoms with Gasteiger partial charge in [-0.2, -0.15) is 0 Å². The molecule has 2 aromatic carbocycles. The van der Waals surface area contributed by atoms with Crippen molar-refractivity contribution in [3.8, 4) is 5.69 Å². The van der Waals surface area contributed by atoms with E-state index in [9.17, 15) is 9.59 Å². The number of hydrogen-bond donors (Lipinski definition) is 0. The third-order valence-electron chi connectivity index (χ3n) is 6.76. The normalized spacial score (nSPS) is 15.0. The van der Waals surface area contributed by atoms with Crippen molar-refractivity contribution in [3.63, 3.8) is 0 Å². The van der Waals surface area contributed by atoms with Gasteiger partial charge in [-0.15, -0.1) is 0 Å². The molecule has 1 unspecified atom stereocenters. The lowest BCUT2D eigenvalue weighted by Crippen LogP contribution is -2.45. The van der Waals surface area contributed by atoms with Crippen LogP contribution in [0.5, 0.6) is 0 Å². The third-order valence-corrected chi connectivity index (χ3v) is 6.76. The summed E-state index contributed by atoms with van der Waals surface area (Å²) in [6, 6.07) is 13.2. The number of benzene rings is 2. The summed E-state index contributed by atoms with van der Waals surface area (Å²) < 4.78 is 1.72. The molecule has 1 amide bonds. The average Bonchev–Trinajstić information content (AvgIpc) is 2.73. The molecule has 0 radical (unpaired) electrons. The smallest absolute Gasteiger partial charge is 0.266 e. The predicted molar refractivity (Wildman–Crippen MR) is 133 cm³/mol. The maximum absolute atomic E-state index is 13.8. The first-order valence-corrected chi connectivity index (χ1v) is 11.8. The summed E-state index contributed by atoms with van der Waals surface area (Å²) in [4.78, 5) is 36.2. The minimum atomic E-state index is -0.337. The first-order valence-electron chi connectivity index (χ1n) is 11.8. The Morgan fingerprint density at radius 1 is 1.12 bits per heavy atom. The molecule has 6 heteroatoms. The van der Waals surface area contributed by atoms with Gasteiger partial charge in [0.2, 0.25) is 5.91 Å². The molecule has 1 atom stereocenters. The van der Waals surface area contributed by atoms with Gasteiger partial charge < -0.3 is 9.80 Å². The fraction of sp³-hybridized carbons (Fsp3) is 0.444. The van der Waals surface area contributed by atoms with Gasteiger partial charge >= 0.3 is 0 Å². The quantitative estimate of drug-likeness (QED) is 0.544. The van der Waals surface area contributed by atoms with Gasteiger partial charge in [0.05, 0.1) is 22.6 Å². The summed E-state index contributed by atoms with van der Waals surface area (Å²) in [5.74, 6) is 0.860. The zero-order valence-corrected chi connectivity index (χ0v) is 20.3. The first-order chi connectivity index (χ1) is 15.8. The van der Waals surface area contributed by atoms with Crippen LogP contribution in [0.1, 0.15) is 49.2 Å². The molecule has 1 heterocycles. The number of likely N-dealkylation sites (N-methyl/N-ethyl adjacent to an activating group) is 1. The second-order valence-electron chi connectivity index (χ2n) is 9.56. The number of carbonyl (C=O) groups excluding carboxylic acids is 1. The summed E-state index contributed by atoms with van der Waals surface area (Å²) in [5.41, 5.74) is 3.52. The van der Waals surface area contributed by atoms with Gasteiger partial charge in [0, 0.05) is 19.0 Å². The Balaban J connectivity index is 1.89. The van der Waals surface area contributed by atoms with Crippen LogP contribution >= 0.6 is 0 Å². The van der Waals surface area contributed by atoms with Crippen LogP contribution < -0.4 is 5.56 Å². The van der Waals surface area contributed by atoms with Crippen LogP contribution in [0, 0.1) is 19.8 Å². The van der Waals surface area contributed by atoms with Gasteiger partial charge in [-0.3, -0.25) is 14.2 Å². The zero-order valence-electron chi connectivity index (χ0n) is 20.3. The molecule has 0 aliphatic heterocycles. The van der Waals surface area contributed by atoms with E-state index in [2.05, 4.69) is 11.0 Å². The second-order valence-corrected chi connectivity index (χ2v) is 9.56. The van der Waals surface area contributed by atoms with Crippen molar-refractivity contribution in [1.82, 2.24) is 19.4 Å². The number of rotatable bonds is 7. The van der Waals surface area contributed by atoms with E-state index in [1.54, 1.807) is 4.57 Å². The predicted octanol–water partition coefficient (Wildman–Crippen LogP) is 4.25. The number of hydrogen-bond acceptors (Lipinski definition) is 4. The van der Waals surface area contributed by atoms with Crippen molar-refractivity contribution in [2.75, 3.05) is 27.2 Å². The Kier molecular flexibility index (Phi) is 6.66. The Labute approximate surface area is 195 Å². The molecule has 33 heavy (non-hydrogen) atoms. The third kappa shape index (κ3) is 4.58. The van der Waals surface area contributed by atoms with Crippen molar-refractivity contribution in [1.29, 1.82) is 0 Å². The van der Waals surface area contributed by atoms with Crippen molar-refractivity contribution >= 4 is 16.8 Å². The van der Waals surface area contributed by atoms with Crippen molar-refractivity contribution < 1.29 is 4.79 Å². The van der Waals surface area contributed by atoms with Crippen LogP contribution in [-0.2, 0) is 4.79 Å². The Morgan fingerprint density at radius 3 is 2.48 bits per heavy atom. The number of carbonyl (C=O) groups is 1. The largest absolute Gasteiger partial charge is 0.331 e. The summed E-state index contributed by atoms with van der Waals surface area (Å²) in [7, 11) is 4.02. The lowest BCUT2D eigenvalue weighted by atomic mass is 9.84. The van der Waals surface area contributed by atoms with E-state index in [4.69, 9.17) is 4.98 Å². The SMILES string of the molecule is Cc1ccc(-n2c(C(C)N(CCN(C)C)C(=O)C3CCC3)nc3ccccc3c2=O)c(C)c1. The highest BCUT2D eigenvalue weighted by atomic mass is 16.2. The topological polar surface area (TPSA) is 58.4 Å². The van der Waals surface area contributed by atoms with E-state index in [1.165, 1.54) is 0 Å². The van der Waals surface area contributed by atoms with Crippen molar-refractivity contribution in [2.45, 2.75) is 46.1 Å². The standard InChI is InChI=1S/C27H34N4O2/c1-18-13-14-24(19(2)17-18)31-25(28-23-12-7-6-11-22(23)27(31)33)20(3)30(16-15-29(4)5)26(32)21-9-8-10-21/h6-7,11-14,17,20-21H,8-10,15-16H2,1-5H3. The van der Waals surface area contributed by atoms with Crippen LogP contribution in [0.2, 0.25) is 0 Å². The van der Waals surface area contributed by atoms with Gasteiger partial charge in [0.15, 0.2) is 0 Å². The summed E-state index contributed by atoms with van der Waals surface area (Å²) in [6.07, 6.45) is 2.99. The highest BCUT2D eigenvalue weighted by Gasteiger charge is 2.34. The minimum absolute atomic E-state index is 0.0800. The van der Waals surface area contributed by atoms with Gasteiger partial charge in [-0.1, -0.05) is 36.2 Å². The fourth-order valence-electron chi connectivity index (χ4n) is 4.55. The molecule has 0 spiro atoms. The average molecular weight is 447 g/mol. The molecule has 3 aromatic rings. The molecule has 174 valence electrons. The van der Waals surface area contributed by atoms with Crippen LogP contribution in [0.3, 0.4) is 0 Å². The van der Waals surface area contributed by atoms with Crippen LogP contribution in [-0.4, -0.2) is 52.4 Å². The minimum Gasteiger partial charge on any atom is -0.331 e. The molecule has 1 aromatic heterocycles. The van der Waals surface area contributed by atoms with E-state index in [-0.39, 0.29) is 23.4 Å². The molecule has 4 rings (SSSR count). The van der Waals surface area contributed by atoms with Crippen LogP contribution in [0.4, 0.5) is 0 Å². The molecule has 0 bridgehead atoms. The van der Waals surface area contributed by atoms with Crippen molar-refractivity contribution in [2.24, 2.45) is 5.92 Å². The van der Waals surface area contributed by atoms with E-state index in [0.717, 1.165) is 42.6 Å². The number of fused-ring (bicyclic) bond motifs is 1. The molecule has 0 N–H and O–H groups in total. The zero-order chi connectivity index (χ0) is 23.7. The van der Waals surface area contributed by atoms with Gasteiger partial charge in [-0.25, -0.2) is 4.98 Å². The highest BCUT2D eigenvalue weighted by molar-refractivity contribution is 5.81. The fourth-order valence-corrected chi connectivity index (χ4v) is 4.55. The maximum Gasteiger partial charge on any atom is 0.266 e. The van der Waals surface area contributed by atoms with Crippen LogP contribution in [0.25, 0.3) is 16.6 Å². The number of nitrogens with zero attached hydrogens (tertiary/aromatic N) is 4. The van der Waals surface area contributed by atoms with Crippen molar-refractivity contribution in [3.05, 3.63) is 69.8 Å². The summed E-state index contributed by atoms with van der Waals surface area (Å²) in [5, 5.41) is 0.582. The maximum atomic E-state index is 13.8. The lowest BCUT2D eigenvalue weighted by Gasteiger charge is -2.36. The Hall–Kier alpha value is -2.99. The van der Waals surface area contributed by atoms with E-state index >= 15 is 0 Å². The molecule has 1 aliphatic carbocycles. The molecule has 0 saturated heterocycles. The molecule has 1 fully saturated rings. The molecular formula is C27H34N4O2. The second kappa shape index (κ2) is 9.48. The molecule has 1 aliphatic rings. The van der Waals surface area contributed by atoms with Gasteiger partial charge in [0.1, 0.15) is 5.82 Å². The number of amides is 1. The molecular weight excluding hydrogens is 412 g/mol. The van der Waals surface area contributed by atoms with E-state index in [1.807, 2.05) is 76.2 Å². The summed E-state index contributed by atoms with van der Waals surface area (Å²) >= 11 is 0. The number of aromatic nitrogens is 2. The van der Waals surface area contributed by atoms with Gasteiger partial charge in [-0.05, 0) is 71.5 Å². The van der Waals surface area contributed by atoms with E-state index in [0.29, 0.717) is 23.3 Å². The van der Waals surface area contributed by atoms with Crippen LogP contribution in [0.15, 0.2) is 47.3 Å². The number of aryl methyl sites for hydroxylation is 2. The Morgan fingerprint density at radius 2 is 1.85 bits per heavy atom. The van der Waals surface area contributed by atoms with E-state index < -0.39 is 0 Å². The first kappa shape index (κ1) is 23.2.